The lowest BCUT2D eigenvalue weighted by Crippen LogP contribution is -2.29. The normalized spacial score (nSPS) is 9.62. The number of hydrogen-bond donors (Lipinski definition) is 3. The van der Waals surface area contributed by atoms with Gasteiger partial charge in [-0.2, -0.15) is 0 Å². The molecule has 0 saturated heterocycles. The van der Waals surface area contributed by atoms with Crippen molar-refractivity contribution >= 4 is 17.8 Å². The van der Waals surface area contributed by atoms with Crippen LogP contribution in [-0.4, -0.2) is 29.4 Å². The summed E-state index contributed by atoms with van der Waals surface area (Å²) >= 11 is 0. The van der Waals surface area contributed by atoms with Gasteiger partial charge in [0.2, 0.25) is 5.91 Å². The lowest BCUT2D eigenvalue weighted by atomic mass is 10.1. The van der Waals surface area contributed by atoms with E-state index in [-0.39, 0.29) is 5.91 Å². The van der Waals surface area contributed by atoms with Crippen LogP contribution in [0.3, 0.4) is 0 Å². The molecule has 0 aliphatic rings. The number of carboxylic acids is 1. The molecule has 112 valence electrons. The molecule has 0 atom stereocenters. The van der Waals surface area contributed by atoms with Crippen LogP contribution < -0.4 is 10.6 Å². The number of rotatable bonds is 6. The Morgan fingerprint density at radius 2 is 1.90 bits per heavy atom. The zero-order chi connectivity index (χ0) is 15.8. The minimum Gasteiger partial charge on any atom is -0.480 e. The van der Waals surface area contributed by atoms with E-state index < -0.39 is 18.4 Å². The average Bonchev–Trinajstić information content (AvgIpc) is 2.42. The molecule has 2 amide bonds. The van der Waals surface area contributed by atoms with E-state index in [0.29, 0.717) is 12.1 Å². The number of hydrogen-bond acceptors (Lipinski definition) is 3. The Morgan fingerprint density at radius 3 is 2.52 bits per heavy atom. The lowest BCUT2D eigenvalue weighted by Gasteiger charge is -2.06. The summed E-state index contributed by atoms with van der Waals surface area (Å²) in [6, 6.07) is 6.65. The van der Waals surface area contributed by atoms with Crippen molar-refractivity contribution in [2.24, 2.45) is 0 Å². The minimum atomic E-state index is -1.10. The summed E-state index contributed by atoms with van der Waals surface area (Å²) in [6.07, 6.45) is 1.49. The number of aliphatic carboxylic acids is 1. The maximum atomic E-state index is 11.7. The van der Waals surface area contributed by atoms with E-state index in [9.17, 15) is 14.4 Å². The van der Waals surface area contributed by atoms with Crippen molar-refractivity contribution < 1.29 is 19.5 Å². The van der Waals surface area contributed by atoms with Gasteiger partial charge >= 0.3 is 5.97 Å². The molecule has 0 fully saturated rings. The van der Waals surface area contributed by atoms with Crippen molar-refractivity contribution in [1.82, 2.24) is 10.6 Å². The standard InChI is InChI=1S/C15H18N2O4/c1-10(2)6-13(18)16-8-11-4-3-5-12(7-11)15(21)17-9-14(19)20/h3-7H,8-9H2,1-2H3,(H,16,18)(H,17,21)(H,19,20). The number of amides is 2. The summed E-state index contributed by atoms with van der Waals surface area (Å²) in [5.41, 5.74) is 2.01. The number of carbonyl (C=O) groups is 3. The van der Waals surface area contributed by atoms with Crippen molar-refractivity contribution in [3.8, 4) is 0 Å². The van der Waals surface area contributed by atoms with Crippen LogP contribution in [0.2, 0.25) is 0 Å². The topological polar surface area (TPSA) is 95.5 Å². The van der Waals surface area contributed by atoms with Gasteiger partial charge in [0.1, 0.15) is 6.54 Å². The second-order valence-electron chi connectivity index (χ2n) is 4.72. The van der Waals surface area contributed by atoms with Crippen molar-refractivity contribution in [2.45, 2.75) is 20.4 Å². The molecule has 6 heteroatoms. The van der Waals surface area contributed by atoms with Gasteiger partial charge in [0.05, 0.1) is 0 Å². The largest absolute Gasteiger partial charge is 0.480 e. The molecule has 0 spiro atoms. The van der Waals surface area contributed by atoms with Gasteiger partial charge in [0.15, 0.2) is 0 Å². The van der Waals surface area contributed by atoms with Crippen LogP contribution in [0.5, 0.6) is 0 Å². The number of nitrogens with one attached hydrogen (secondary N) is 2. The maximum absolute atomic E-state index is 11.7. The summed E-state index contributed by atoms with van der Waals surface area (Å²) in [4.78, 5) is 33.6. The fourth-order valence-electron chi connectivity index (χ4n) is 1.58. The van der Waals surface area contributed by atoms with Crippen LogP contribution in [0.1, 0.15) is 29.8 Å². The fraction of sp³-hybridized carbons (Fsp3) is 0.267. The average molecular weight is 290 g/mol. The minimum absolute atomic E-state index is 0.198. The molecule has 6 nitrogen and oxygen atoms in total. The van der Waals surface area contributed by atoms with Gasteiger partial charge in [-0.15, -0.1) is 0 Å². The molecule has 1 aromatic rings. The molecule has 0 heterocycles. The molecule has 0 radical (unpaired) electrons. The number of carboxylic acid groups (broad SMARTS) is 1. The molecule has 1 aromatic carbocycles. The summed E-state index contributed by atoms with van der Waals surface area (Å²) < 4.78 is 0. The molecular formula is C15H18N2O4. The van der Waals surface area contributed by atoms with Crippen molar-refractivity contribution in [1.29, 1.82) is 0 Å². The molecule has 0 bridgehead atoms. The quantitative estimate of drug-likeness (QED) is 0.683. The van der Waals surface area contributed by atoms with Gasteiger partial charge in [0, 0.05) is 18.2 Å². The zero-order valence-electron chi connectivity index (χ0n) is 12.0. The fourth-order valence-corrected chi connectivity index (χ4v) is 1.58. The van der Waals surface area contributed by atoms with E-state index in [2.05, 4.69) is 10.6 Å². The van der Waals surface area contributed by atoms with Crippen LogP contribution in [0, 0.1) is 0 Å². The smallest absolute Gasteiger partial charge is 0.322 e. The Kier molecular flexibility index (Phi) is 6.13. The van der Waals surface area contributed by atoms with E-state index in [1.54, 1.807) is 24.3 Å². The highest BCUT2D eigenvalue weighted by molar-refractivity contribution is 5.96. The summed E-state index contributed by atoms with van der Waals surface area (Å²) in [5.74, 6) is -1.76. The molecular weight excluding hydrogens is 272 g/mol. The molecule has 0 aliphatic heterocycles. The van der Waals surface area contributed by atoms with Gasteiger partial charge in [-0.25, -0.2) is 0 Å². The Labute approximate surface area is 122 Å². The first kappa shape index (κ1) is 16.4. The van der Waals surface area contributed by atoms with Crippen LogP contribution in [-0.2, 0) is 16.1 Å². The third-order valence-electron chi connectivity index (χ3n) is 2.48. The van der Waals surface area contributed by atoms with E-state index in [0.717, 1.165) is 11.1 Å². The van der Waals surface area contributed by atoms with Crippen molar-refractivity contribution in [2.75, 3.05) is 6.54 Å². The first-order valence-electron chi connectivity index (χ1n) is 6.40. The van der Waals surface area contributed by atoms with Crippen molar-refractivity contribution in [3.63, 3.8) is 0 Å². The third kappa shape index (κ3) is 6.38. The third-order valence-corrected chi connectivity index (χ3v) is 2.48. The Balaban J connectivity index is 2.64. The lowest BCUT2D eigenvalue weighted by molar-refractivity contribution is -0.135. The van der Waals surface area contributed by atoms with E-state index in [1.807, 2.05) is 13.8 Å². The number of allylic oxidation sites excluding steroid dienone is 1. The summed E-state index contributed by atoms with van der Waals surface area (Å²) in [7, 11) is 0. The van der Waals surface area contributed by atoms with Crippen molar-refractivity contribution in [3.05, 3.63) is 47.0 Å². The van der Waals surface area contributed by atoms with Crippen LogP contribution in [0.4, 0.5) is 0 Å². The summed E-state index contributed by atoms with van der Waals surface area (Å²) in [5, 5.41) is 13.5. The second-order valence-corrected chi connectivity index (χ2v) is 4.72. The van der Waals surface area contributed by atoms with Crippen LogP contribution in [0.15, 0.2) is 35.9 Å². The van der Waals surface area contributed by atoms with Gasteiger partial charge in [0.25, 0.3) is 5.91 Å². The Hall–Kier alpha value is -2.63. The molecule has 0 aromatic heterocycles. The van der Waals surface area contributed by atoms with Gasteiger partial charge in [-0.05, 0) is 31.5 Å². The molecule has 3 N–H and O–H groups in total. The van der Waals surface area contributed by atoms with Crippen LogP contribution >= 0.6 is 0 Å². The second kappa shape index (κ2) is 7.84. The first-order valence-corrected chi connectivity index (χ1v) is 6.40. The number of benzene rings is 1. The molecule has 0 aliphatic carbocycles. The first-order chi connectivity index (χ1) is 9.88. The molecule has 1 rings (SSSR count). The predicted molar refractivity (Wildman–Crippen MR) is 77.7 cm³/mol. The Bertz CT molecular complexity index is 575. The number of carbonyl (C=O) groups excluding carboxylic acids is 2. The maximum Gasteiger partial charge on any atom is 0.322 e. The Morgan fingerprint density at radius 1 is 1.19 bits per heavy atom. The molecule has 21 heavy (non-hydrogen) atoms. The SMILES string of the molecule is CC(C)=CC(=O)NCc1cccc(C(=O)NCC(=O)O)c1. The van der Waals surface area contributed by atoms with Gasteiger partial charge in [-0.3, -0.25) is 14.4 Å². The molecule has 0 saturated carbocycles. The highest BCUT2D eigenvalue weighted by Gasteiger charge is 2.07. The molecule has 0 unspecified atom stereocenters. The van der Waals surface area contributed by atoms with Gasteiger partial charge < -0.3 is 15.7 Å². The highest BCUT2D eigenvalue weighted by Crippen LogP contribution is 2.05. The van der Waals surface area contributed by atoms with Crippen LogP contribution in [0.25, 0.3) is 0 Å². The van der Waals surface area contributed by atoms with E-state index in [1.165, 1.54) is 6.08 Å². The zero-order valence-corrected chi connectivity index (χ0v) is 12.0. The van der Waals surface area contributed by atoms with E-state index in [4.69, 9.17) is 5.11 Å². The highest BCUT2D eigenvalue weighted by atomic mass is 16.4. The summed E-state index contributed by atoms with van der Waals surface area (Å²) in [6.45, 7) is 3.52. The predicted octanol–water partition coefficient (Wildman–Crippen LogP) is 1.08. The van der Waals surface area contributed by atoms with Gasteiger partial charge in [-0.1, -0.05) is 17.7 Å². The van der Waals surface area contributed by atoms with E-state index >= 15 is 0 Å². The monoisotopic (exact) mass is 290 g/mol.